The maximum Gasteiger partial charge on any atom is 0.338 e. The van der Waals surface area contributed by atoms with Crippen molar-refractivity contribution >= 4 is 35.5 Å². The number of carboxylic acids is 1. The Hall–Kier alpha value is -1.26. The number of halogens is 2. The lowest BCUT2D eigenvalue weighted by atomic mass is 10.1. The summed E-state index contributed by atoms with van der Waals surface area (Å²) in [5, 5.41) is 17.6. The van der Waals surface area contributed by atoms with E-state index in [9.17, 15) is 14.7 Å². The fourth-order valence-corrected chi connectivity index (χ4v) is 1.52. The Bertz CT molecular complexity index is 414. The number of carboxylic acid groups (broad SMARTS) is 1. The van der Waals surface area contributed by atoms with Gasteiger partial charge in [0.1, 0.15) is 5.75 Å². The number of aromatic carboxylic acids is 1. The van der Waals surface area contributed by atoms with Gasteiger partial charge in [0.25, 0.3) is 0 Å². The molecule has 6 heteroatoms. The maximum absolute atomic E-state index is 10.7. The molecule has 0 atom stereocenters. The van der Waals surface area contributed by atoms with Crippen molar-refractivity contribution in [1.29, 1.82) is 0 Å². The van der Waals surface area contributed by atoms with E-state index in [1.807, 2.05) is 0 Å². The van der Waals surface area contributed by atoms with Crippen molar-refractivity contribution in [3.05, 3.63) is 27.2 Å². The highest BCUT2D eigenvalue weighted by Crippen LogP contribution is 2.34. The Kier molecular flexibility index (Phi) is 2.98. The fourth-order valence-electron chi connectivity index (χ4n) is 0.960. The van der Waals surface area contributed by atoms with Gasteiger partial charge in [-0.2, -0.15) is 0 Å². The molecule has 0 aliphatic carbocycles. The van der Waals surface area contributed by atoms with E-state index in [-0.39, 0.29) is 16.3 Å². The Balaban J connectivity index is 3.63. The average molecular weight is 235 g/mol. The summed E-state index contributed by atoms with van der Waals surface area (Å²) in [6.07, 6.45) is 0.191. The molecule has 1 aromatic carbocycles. The van der Waals surface area contributed by atoms with E-state index in [0.29, 0.717) is 0 Å². The van der Waals surface area contributed by atoms with Crippen LogP contribution in [0.5, 0.6) is 5.75 Å². The summed E-state index contributed by atoms with van der Waals surface area (Å²) < 4.78 is 0. The summed E-state index contributed by atoms with van der Waals surface area (Å²) >= 11 is 11.0. The van der Waals surface area contributed by atoms with Crippen LogP contribution in [0.4, 0.5) is 0 Å². The smallest absolute Gasteiger partial charge is 0.338 e. The molecule has 0 saturated heterocycles. The first kappa shape index (κ1) is 10.8. The van der Waals surface area contributed by atoms with E-state index in [2.05, 4.69) is 0 Å². The van der Waals surface area contributed by atoms with Gasteiger partial charge in [-0.25, -0.2) is 4.79 Å². The molecule has 0 fully saturated rings. The fraction of sp³-hybridized carbons (Fsp3) is 0. The second kappa shape index (κ2) is 3.86. The van der Waals surface area contributed by atoms with Gasteiger partial charge >= 0.3 is 5.97 Å². The first-order chi connectivity index (χ1) is 6.49. The molecule has 2 N–H and O–H groups in total. The van der Waals surface area contributed by atoms with Crippen LogP contribution in [0.2, 0.25) is 10.0 Å². The molecule has 0 unspecified atom stereocenters. The summed E-state index contributed by atoms with van der Waals surface area (Å²) in [5.74, 6) is -1.98. The molecule has 0 bridgehead atoms. The molecule has 0 spiro atoms. The Morgan fingerprint density at radius 3 is 2.36 bits per heavy atom. The monoisotopic (exact) mass is 234 g/mol. The molecule has 74 valence electrons. The summed E-state index contributed by atoms with van der Waals surface area (Å²) in [4.78, 5) is 21.2. The first-order valence-electron chi connectivity index (χ1n) is 3.38. The van der Waals surface area contributed by atoms with Crippen LogP contribution in [-0.4, -0.2) is 22.5 Å². The van der Waals surface area contributed by atoms with Gasteiger partial charge < -0.3 is 10.2 Å². The quantitative estimate of drug-likeness (QED) is 0.770. The molecule has 14 heavy (non-hydrogen) atoms. The van der Waals surface area contributed by atoms with Crippen molar-refractivity contribution in [2.24, 2.45) is 0 Å². The predicted molar refractivity (Wildman–Crippen MR) is 50.5 cm³/mol. The summed E-state index contributed by atoms with van der Waals surface area (Å²) in [6, 6.07) is 1.06. The van der Waals surface area contributed by atoms with Crippen LogP contribution in [0.15, 0.2) is 6.07 Å². The normalized spacial score (nSPS) is 9.86. The zero-order chi connectivity index (χ0) is 10.9. The SMILES string of the molecule is O=Cc1c(O)c(Cl)cc(Cl)c1C(=O)O. The van der Waals surface area contributed by atoms with Gasteiger partial charge in [-0.1, -0.05) is 23.2 Å². The first-order valence-corrected chi connectivity index (χ1v) is 4.14. The molecule has 0 aliphatic rings. The number of benzene rings is 1. The third kappa shape index (κ3) is 1.66. The highest BCUT2D eigenvalue weighted by atomic mass is 35.5. The number of aromatic hydroxyl groups is 1. The van der Waals surface area contributed by atoms with Gasteiger partial charge in [0.15, 0.2) is 6.29 Å². The van der Waals surface area contributed by atoms with Crippen LogP contribution in [0.1, 0.15) is 20.7 Å². The largest absolute Gasteiger partial charge is 0.506 e. The van der Waals surface area contributed by atoms with E-state index < -0.39 is 22.8 Å². The second-order valence-electron chi connectivity index (χ2n) is 2.40. The van der Waals surface area contributed by atoms with Crippen LogP contribution >= 0.6 is 23.2 Å². The van der Waals surface area contributed by atoms with E-state index in [0.717, 1.165) is 6.07 Å². The van der Waals surface area contributed by atoms with E-state index >= 15 is 0 Å². The molecule has 4 nitrogen and oxygen atoms in total. The minimum Gasteiger partial charge on any atom is -0.506 e. The Labute approximate surface area is 88.7 Å². The molecule has 0 heterocycles. The third-order valence-corrected chi connectivity index (χ3v) is 2.16. The predicted octanol–water partition coefficient (Wildman–Crippen LogP) is 2.21. The lowest BCUT2D eigenvalue weighted by Gasteiger charge is -2.06. The molecule has 0 amide bonds. The number of hydrogen-bond acceptors (Lipinski definition) is 3. The molecule has 1 aromatic rings. The van der Waals surface area contributed by atoms with E-state index in [1.54, 1.807) is 0 Å². The van der Waals surface area contributed by atoms with Gasteiger partial charge in [-0.15, -0.1) is 0 Å². The van der Waals surface area contributed by atoms with Crippen LogP contribution in [0.3, 0.4) is 0 Å². The topological polar surface area (TPSA) is 74.6 Å². The van der Waals surface area contributed by atoms with Crippen molar-refractivity contribution in [3.63, 3.8) is 0 Å². The zero-order valence-corrected chi connectivity index (χ0v) is 8.13. The summed E-state index contributed by atoms with van der Waals surface area (Å²) in [5.41, 5.74) is -0.876. The Morgan fingerprint density at radius 2 is 1.93 bits per heavy atom. The van der Waals surface area contributed by atoms with E-state index in [1.165, 1.54) is 0 Å². The lowest BCUT2D eigenvalue weighted by Crippen LogP contribution is -2.03. The third-order valence-electron chi connectivity index (χ3n) is 1.57. The van der Waals surface area contributed by atoms with Crippen molar-refractivity contribution in [1.82, 2.24) is 0 Å². The summed E-state index contributed by atoms with van der Waals surface area (Å²) in [6.45, 7) is 0. The average Bonchev–Trinajstić information content (AvgIpc) is 2.09. The van der Waals surface area contributed by atoms with Gasteiger partial charge in [0.2, 0.25) is 0 Å². The number of carbonyl (C=O) groups excluding carboxylic acids is 1. The minimum absolute atomic E-state index is 0.165. The second-order valence-corrected chi connectivity index (χ2v) is 3.21. The standard InChI is InChI=1S/C8H4Cl2O4/c9-4-1-5(10)7(12)3(2-11)6(4)8(13)14/h1-2,12H,(H,13,14). The van der Waals surface area contributed by atoms with Crippen LogP contribution in [-0.2, 0) is 0 Å². The number of hydrogen-bond donors (Lipinski definition) is 2. The molecule has 1 rings (SSSR count). The highest BCUT2D eigenvalue weighted by molar-refractivity contribution is 6.38. The molecular weight excluding hydrogens is 231 g/mol. The number of phenolic OH excluding ortho intramolecular Hbond substituents is 1. The zero-order valence-electron chi connectivity index (χ0n) is 6.62. The maximum atomic E-state index is 10.7. The van der Waals surface area contributed by atoms with Crippen LogP contribution in [0.25, 0.3) is 0 Å². The number of aldehydes is 1. The lowest BCUT2D eigenvalue weighted by molar-refractivity contribution is 0.0693. The van der Waals surface area contributed by atoms with Crippen LogP contribution < -0.4 is 0 Å². The highest BCUT2D eigenvalue weighted by Gasteiger charge is 2.20. The molecule has 0 aliphatic heterocycles. The van der Waals surface area contributed by atoms with Gasteiger partial charge in [0.05, 0.1) is 21.2 Å². The number of rotatable bonds is 2. The van der Waals surface area contributed by atoms with Gasteiger partial charge in [-0.3, -0.25) is 4.79 Å². The molecule has 0 radical (unpaired) electrons. The van der Waals surface area contributed by atoms with Crippen molar-refractivity contribution in [2.75, 3.05) is 0 Å². The molecule has 0 aromatic heterocycles. The number of carbonyl (C=O) groups is 2. The molecular formula is C8H4Cl2O4. The van der Waals surface area contributed by atoms with Crippen molar-refractivity contribution < 1.29 is 19.8 Å². The summed E-state index contributed by atoms with van der Waals surface area (Å²) in [7, 11) is 0. The van der Waals surface area contributed by atoms with Crippen LogP contribution in [0, 0.1) is 0 Å². The Morgan fingerprint density at radius 1 is 1.36 bits per heavy atom. The molecule has 0 saturated carbocycles. The van der Waals surface area contributed by atoms with Crippen molar-refractivity contribution in [3.8, 4) is 5.75 Å². The number of phenols is 1. The van der Waals surface area contributed by atoms with E-state index in [4.69, 9.17) is 28.3 Å². The van der Waals surface area contributed by atoms with Gasteiger partial charge in [0, 0.05) is 0 Å². The minimum atomic E-state index is -1.40. The van der Waals surface area contributed by atoms with Crippen molar-refractivity contribution in [2.45, 2.75) is 0 Å². The van der Waals surface area contributed by atoms with Gasteiger partial charge in [-0.05, 0) is 6.07 Å².